The second-order valence-corrected chi connectivity index (χ2v) is 9.28. The van der Waals surface area contributed by atoms with Gasteiger partial charge >= 0.3 is 0 Å². The van der Waals surface area contributed by atoms with Crippen LogP contribution in [0.25, 0.3) is 11.1 Å². The Balaban J connectivity index is 1.34. The number of anilines is 1. The lowest BCUT2D eigenvalue weighted by atomic mass is 10.1. The van der Waals surface area contributed by atoms with E-state index >= 15 is 0 Å². The van der Waals surface area contributed by atoms with E-state index in [0.29, 0.717) is 43.0 Å². The molecule has 2 saturated heterocycles. The summed E-state index contributed by atoms with van der Waals surface area (Å²) in [6.07, 6.45) is 2.02. The van der Waals surface area contributed by atoms with Crippen molar-refractivity contribution in [2.24, 2.45) is 0 Å². The maximum atomic E-state index is 13.4. The van der Waals surface area contributed by atoms with Gasteiger partial charge in [-0.1, -0.05) is 0 Å². The largest absolute Gasteiger partial charge is 0.310 e. The van der Waals surface area contributed by atoms with E-state index in [-0.39, 0.29) is 24.2 Å². The van der Waals surface area contributed by atoms with Gasteiger partial charge in [0.05, 0.1) is 12.3 Å². The molecule has 7 nitrogen and oxygen atoms in total. The monoisotopic (exact) mass is 422 g/mol. The van der Waals surface area contributed by atoms with Gasteiger partial charge in [-0.2, -0.15) is 4.31 Å². The average molecular weight is 422 g/mol. The summed E-state index contributed by atoms with van der Waals surface area (Å²) < 4.78 is 52.1. The summed E-state index contributed by atoms with van der Waals surface area (Å²) in [5.41, 5.74) is 0.886. The van der Waals surface area contributed by atoms with E-state index in [1.54, 1.807) is 12.1 Å². The molecule has 1 atom stereocenters. The molecule has 1 aromatic heterocycles. The maximum absolute atomic E-state index is 13.4. The third-order valence-electron chi connectivity index (χ3n) is 5.17. The van der Waals surface area contributed by atoms with E-state index in [1.807, 2.05) is 4.90 Å². The normalized spacial score (nSPS) is 21.7. The summed E-state index contributed by atoms with van der Waals surface area (Å²) in [4.78, 5) is 18.4. The number of nitrogens with one attached hydrogen (secondary N) is 1. The number of aromatic nitrogens is 1. The van der Waals surface area contributed by atoms with Crippen LogP contribution in [0.4, 0.5) is 14.6 Å². The van der Waals surface area contributed by atoms with Gasteiger partial charge in [0.1, 0.15) is 17.5 Å². The third kappa shape index (κ3) is 4.44. The molecule has 2 aromatic rings. The van der Waals surface area contributed by atoms with Crippen molar-refractivity contribution in [3.05, 3.63) is 48.2 Å². The zero-order valence-corrected chi connectivity index (χ0v) is 16.3. The zero-order chi connectivity index (χ0) is 20.6. The lowest BCUT2D eigenvalue weighted by Crippen LogP contribution is -2.52. The van der Waals surface area contributed by atoms with Crippen molar-refractivity contribution in [2.45, 2.75) is 12.5 Å². The molecule has 3 heterocycles. The van der Waals surface area contributed by atoms with Crippen molar-refractivity contribution in [3.8, 4) is 11.1 Å². The van der Waals surface area contributed by atoms with Crippen LogP contribution in [-0.4, -0.2) is 66.5 Å². The number of rotatable bonds is 4. The molecule has 0 aliphatic carbocycles. The van der Waals surface area contributed by atoms with Gasteiger partial charge in [-0.05, 0) is 36.2 Å². The van der Waals surface area contributed by atoms with Crippen molar-refractivity contribution in [1.82, 2.24) is 14.2 Å². The molecule has 0 bridgehead atoms. The van der Waals surface area contributed by atoms with Crippen LogP contribution in [0.15, 0.2) is 36.5 Å². The zero-order valence-electron chi connectivity index (χ0n) is 15.5. The molecule has 2 aliphatic rings. The maximum Gasteiger partial charge on any atom is 0.239 e. The van der Waals surface area contributed by atoms with Gasteiger partial charge in [-0.15, -0.1) is 0 Å². The molecular weight excluding hydrogens is 402 g/mol. The highest BCUT2D eigenvalue weighted by molar-refractivity contribution is 7.89. The minimum Gasteiger partial charge on any atom is -0.310 e. The first kappa shape index (κ1) is 19.9. The lowest BCUT2D eigenvalue weighted by Gasteiger charge is -2.35. The Bertz CT molecular complexity index is 1010. The molecule has 154 valence electrons. The number of fused-ring (bicyclic) bond motifs is 1. The third-order valence-corrected chi connectivity index (χ3v) is 7.12. The molecule has 10 heteroatoms. The molecule has 1 amide bonds. The van der Waals surface area contributed by atoms with E-state index in [0.717, 1.165) is 6.07 Å². The van der Waals surface area contributed by atoms with Crippen LogP contribution in [0.1, 0.15) is 6.42 Å². The van der Waals surface area contributed by atoms with Crippen LogP contribution in [-0.2, 0) is 14.8 Å². The Hall–Kier alpha value is -2.43. The predicted molar refractivity (Wildman–Crippen MR) is 104 cm³/mol. The van der Waals surface area contributed by atoms with Crippen molar-refractivity contribution >= 4 is 21.7 Å². The van der Waals surface area contributed by atoms with Gasteiger partial charge < -0.3 is 5.32 Å². The standard InChI is InChI=1S/C19H20F2N4O3S/c20-15-7-14(8-16(21)9-15)13-1-2-18(22-10-13)23-19(26)12-24-4-5-25-17(11-24)3-6-29(25,27)28/h1-2,7-10,17H,3-6,11-12H2,(H,22,23,26)/t17-/m0/s1. The molecule has 1 aromatic carbocycles. The average Bonchev–Trinajstić information content (AvgIpc) is 2.96. The fourth-order valence-electron chi connectivity index (χ4n) is 3.79. The second kappa shape index (κ2) is 7.77. The number of hydrogen-bond donors (Lipinski definition) is 1. The van der Waals surface area contributed by atoms with Gasteiger partial charge in [0.15, 0.2) is 0 Å². The first-order valence-electron chi connectivity index (χ1n) is 9.24. The number of amides is 1. The van der Waals surface area contributed by atoms with E-state index in [2.05, 4.69) is 10.3 Å². The predicted octanol–water partition coefficient (Wildman–Crippen LogP) is 1.69. The fourth-order valence-corrected chi connectivity index (χ4v) is 5.59. The molecular formula is C19H20F2N4O3S. The topological polar surface area (TPSA) is 82.6 Å². The molecule has 0 spiro atoms. The smallest absolute Gasteiger partial charge is 0.239 e. The number of sulfonamides is 1. The molecule has 0 saturated carbocycles. The quantitative estimate of drug-likeness (QED) is 0.811. The van der Waals surface area contributed by atoms with Gasteiger partial charge in [0, 0.05) is 43.5 Å². The minimum absolute atomic E-state index is 0.0642. The number of piperazine rings is 1. The number of carbonyl (C=O) groups is 1. The van der Waals surface area contributed by atoms with Crippen molar-refractivity contribution < 1.29 is 22.0 Å². The van der Waals surface area contributed by atoms with Crippen LogP contribution < -0.4 is 5.32 Å². The molecule has 0 radical (unpaired) electrons. The minimum atomic E-state index is -3.13. The number of hydrogen-bond acceptors (Lipinski definition) is 5. The van der Waals surface area contributed by atoms with E-state index < -0.39 is 21.7 Å². The first-order chi connectivity index (χ1) is 13.8. The Kier molecular flexibility index (Phi) is 5.32. The Labute approximate surface area is 167 Å². The van der Waals surface area contributed by atoms with Gasteiger partial charge in [-0.25, -0.2) is 22.2 Å². The number of nitrogens with zero attached hydrogens (tertiary/aromatic N) is 3. The van der Waals surface area contributed by atoms with E-state index in [1.165, 1.54) is 22.6 Å². The lowest BCUT2D eigenvalue weighted by molar-refractivity contribution is -0.117. The molecule has 1 N–H and O–H groups in total. The summed E-state index contributed by atoms with van der Waals surface area (Å²) in [5.74, 6) is -1.10. The molecule has 2 fully saturated rings. The van der Waals surface area contributed by atoms with E-state index in [9.17, 15) is 22.0 Å². The SMILES string of the molecule is O=C(CN1CCN2[C@@H](CCS2(=O)=O)C1)Nc1ccc(-c2cc(F)cc(F)c2)cn1. The van der Waals surface area contributed by atoms with Crippen LogP contribution in [0.3, 0.4) is 0 Å². The van der Waals surface area contributed by atoms with Gasteiger partial charge in [-0.3, -0.25) is 9.69 Å². The van der Waals surface area contributed by atoms with Gasteiger partial charge in [0.2, 0.25) is 15.9 Å². The molecule has 0 unspecified atom stereocenters. The van der Waals surface area contributed by atoms with Gasteiger partial charge in [0.25, 0.3) is 0 Å². The number of carbonyl (C=O) groups excluding carboxylic acids is 1. The highest BCUT2D eigenvalue weighted by Crippen LogP contribution is 2.25. The fraction of sp³-hybridized carbons (Fsp3) is 0.368. The molecule has 4 rings (SSSR count). The highest BCUT2D eigenvalue weighted by Gasteiger charge is 2.40. The van der Waals surface area contributed by atoms with E-state index in [4.69, 9.17) is 0 Å². The summed E-state index contributed by atoms with van der Waals surface area (Å²) in [6, 6.07) is 6.34. The Morgan fingerprint density at radius 3 is 2.59 bits per heavy atom. The molecule has 2 aliphatic heterocycles. The van der Waals surface area contributed by atoms with Crippen LogP contribution in [0.5, 0.6) is 0 Å². The van der Waals surface area contributed by atoms with Crippen molar-refractivity contribution in [1.29, 1.82) is 0 Å². The summed E-state index contributed by atoms with van der Waals surface area (Å²) >= 11 is 0. The van der Waals surface area contributed by atoms with Crippen LogP contribution in [0, 0.1) is 11.6 Å². The van der Waals surface area contributed by atoms with Crippen LogP contribution in [0.2, 0.25) is 0 Å². The van der Waals surface area contributed by atoms with Crippen molar-refractivity contribution in [3.63, 3.8) is 0 Å². The number of halogens is 2. The van der Waals surface area contributed by atoms with Crippen LogP contribution >= 0.6 is 0 Å². The molecule has 29 heavy (non-hydrogen) atoms. The number of pyridine rings is 1. The van der Waals surface area contributed by atoms with Crippen molar-refractivity contribution in [2.75, 3.05) is 37.2 Å². The summed E-state index contributed by atoms with van der Waals surface area (Å²) in [7, 11) is -3.13. The Morgan fingerprint density at radius 2 is 1.90 bits per heavy atom. The second-order valence-electron chi connectivity index (χ2n) is 7.24. The summed E-state index contributed by atoms with van der Waals surface area (Å²) in [5, 5.41) is 2.69. The first-order valence-corrected chi connectivity index (χ1v) is 10.9. The number of benzene rings is 1. The summed E-state index contributed by atoms with van der Waals surface area (Å²) in [6.45, 7) is 1.57. The Morgan fingerprint density at radius 1 is 1.14 bits per heavy atom. The highest BCUT2D eigenvalue weighted by atomic mass is 32.2.